The van der Waals surface area contributed by atoms with Crippen molar-refractivity contribution in [1.29, 1.82) is 0 Å². The van der Waals surface area contributed by atoms with Crippen LogP contribution in [0.3, 0.4) is 0 Å². The van der Waals surface area contributed by atoms with Crippen LogP contribution >= 0.6 is 34.2 Å². The van der Waals surface area contributed by atoms with E-state index in [1.54, 1.807) is 6.20 Å². The Hall–Kier alpha value is -0.590. The lowest BCUT2D eigenvalue weighted by atomic mass is 10.2. The third-order valence-corrected chi connectivity index (χ3v) is 4.27. The Morgan fingerprint density at radius 3 is 2.95 bits per heavy atom. The van der Waals surface area contributed by atoms with Gasteiger partial charge >= 0.3 is 0 Å². The van der Waals surface area contributed by atoms with Crippen LogP contribution in [-0.2, 0) is 6.42 Å². The normalized spacial score (nSPS) is 10.9. The summed E-state index contributed by atoms with van der Waals surface area (Å²) in [6, 6.07) is 5.87. The zero-order valence-electron chi connectivity index (χ0n) is 10.7. The molecule has 2 aromatic rings. The molecule has 0 unspecified atom stereocenters. The Bertz CT molecular complexity index is 542. The molecule has 1 heterocycles. The maximum atomic E-state index is 6.11. The molecule has 2 rings (SSSR count). The number of aromatic nitrogens is 1. The highest BCUT2D eigenvalue weighted by Crippen LogP contribution is 2.27. The minimum Gasteiger partial charge on any atom is -0.441 e. The van der Waals surface area contributed by atoms with Crippen molar-refractivity contribution in [2.75, 3.05) is 13.1 Å². The summed E-state index contributed by atoms with van der Waals surface area (Å²) in [5.74, 6) is 1.53. The summed E-state index contributed by atoms with van der Waals surface area (Å²) in [7, 11) is 0. The minimum atomic E-state index is 0.737. The summed E-state index contributed by atoms with van der Waals surface area (Å²) in [4.78, 5) is 4.29. The van der Waals surface area contributed by atoms with Crippen LogP contribution in [-0.4, -0.2) is 18.1 Å². The quantitative estimate of drug-likeness (QED) is 0.595. The Kier molecular flexibility index (Phi) is 5.66. The van der Waals surface area contributed by atoms with E-state index in [0.717, 1.165) is 51.7 Å². The molecule has 3 nitrogen and oxygen atoms in total. The zero-order valence-corrected chi connectivity index (χ0v) is 13.7. The Labute approximate surface area is 131 Å². The summed E-state index contributed by atoms with van der Waals surface area (Å²) in [6.45, 7) is 4.07. The molecule has 0 amide bonds. The Balaban J connectivity index is 2.01. The molecule has 102 valence electrons. The molecule has 0 saturated heterocycles. The molecule has 1 aromatic carbocycles. The maximum Gasteiger partial charge on any atom is 0.196 e. The largest absolute Gasteiger partial charge is 0.441 e. The molecular formula is C14H16ClIN2O. The number of rotatable bonds is 6. The van der Waals surface area contributed by atoms with Crippen molar-refractivity contribution in [3.05, 3.63) is 38.9 Å². The van der Waals surface area contributed by atoms with Gasteiger partial charge < -0.3 is 9.73 Å². The van der Waals surface area contributed by atoms with Gasteiger partial charge in [-0.15, -0.1) is 0 Å². The van der Waals surface area contributed by atoms with E-state index in [1.807, 2.05) is 18.2 Å². The van der Waals surface area contributed by atoms with E-state index in [1.165, 1.54) is 0 Å². The van der Waals surface area contributed by atoms with Gasteiger partial charge in [0.25, 0.3) is 0 Å². The molecule has 1 aromatic heterocycles. The molecule has 0 aliphatic rings. The number of nitrogens with zero attached hydrogens (tertiary/aromatic N) is 1. The molecule has 0 radical (unpaired) electrons. The average molecular weight is 391 g/mol. The highest BCUT2D eigenvalue weighted by atomic mass is 127. The molecule has 0 saturated carbocycles. The number of benzene rings is 1. The lowest BCUT2D eigenvalue weighted by Crippen LogP contribution is -2.17. The second-order valence-corrected chi connectivity index (χ2v) is 5.82. The van der Waals surface area contributed by atoms with Crippen molar-refractivity contribution in [2.24, 2.45) is 0 Å². The summed E-state index contributed by atoms with van der Waals surface area (Å²) in [5, 5.41) is 4.06. The van der Waals surface area contributed by atoms with Gasteiger partial charge in [-0.2, -0.15) is 0 Å². The first-order chi connectivity index (χ1) is 9.20. The summed E-state index contributed by atoms with van der Waals surface area (Å²) in [5.41, 5.74) is 0.964. The monoisotopic (exact) mass is 390 g/mol. The fourth-order valence-electron chi connectivity index (χ4n) is 1.71. The van der Waals surface area contributed by atoms with Gasteiger partial charge in [0, 0.05) is 22.1 Å². The molecular weight excluding hydrogens is 375 g/mol. The van der Waals surface area contributed by atoms with Crippen molar-refractivity contribution in [1.82, 2.24) is 10.3 Å². The van der Waals surface area contributed by atoms with Crippen LogP contribution in [0.15, 0.2) is 28.8 Å². The van der Waals surface area contributed by atoms with Gasteiger partial charge in [-0.05, 0) is 47.7 Å². The topological polar surface area (TPSA) is 38.1 Å². The molecule has 1 N–H and O–H groups in total. The van der Waals surface area contributed by atoms with Gasteiger partial charge in [-0.25, -0.2) is 4.98 Å². The number of nitrogens with one attached hydrogen (secondary N) is 1. The average Bonchev–Trinajstić information content (AvgIpc) is 2.87. The number of halogens is 2. The van der Waals surface area contributed by atoms with E-state index >= 15 is 0 Å². The van der Waals surface area contributed by atoms with E-state index in [2.05, 4.69) is 39.8 Å². The Morgan fingerprint density at radius 2 is 2.21 bits per heavy atom. The van der Waals surface area contributed by atoms with Gasteiger partial charge in [0.15, 0.2) is 11.7 Å². The highest BCUT2D eigenvalue weighted by molar-refractivity contribution is 14.1. The summed E-state index contributed by atoms with van der Waals surface area (Å²) >= 11 is 8.31. The molecule has 5 heteroatoms. The minimum absolute atomic E-state index is 0.737. The fraction of sp³-hybridized carbons (Fsp3) is 0.357. The van der Waals surface area contributed by atoms with Crippen molar-refractivity contribution in [3.8, 4) is 11.3 Å². The van der Waals surface area contributed by atoms with Crippen LogP contribution in [0.25, 0.3) is 11.3 Å². The molecule has 0 aliphatic heterocycles. The standard InChI is InChI=1S/C14H16ClIN2O/c1-2-6-17-7-5-14-18-9-13(19-14)10-3-4-12(16)11(15)8-10/h3-4,8-9,17H,2,5-7H2,1H3. The van der Waals surface area contributed by atoms with E-state index in [4.69, 9.17) is 16.0 Å². The van der Waals surface area contributed by atoms with Crippen molar-refractivity contribution >= 4 is 34.2 Å². The van der Waals surface area contributed by atoms with Crippen LogP contribution in [0.1, 0.15) is 19.2 Å². The molecule has 0 fully saturated rings. The third-order valence-electron chi connectivity index (χ3n) is 2.70. The van der Waals surface area contributed by atoms with Gasteiger partial charge in [0.05, 0.1) is 11.2 Å². The summed E-state index contributed by atoms with van der Waals surface area (Å²) in [6.07, 6.45) is 3.70. The van der Waals surface area contributed by atoms with Crippen LogP contribution in [0.4, 0.5) is 0 Å². The van der Waals surface area contributed by atoms with E-state index in [0.29, 0.717) is 0 Å². The van der Waals surface area contributed by atoms with Gasteiger partial charge in [-0.3, -0.25) is 0 Å². The number of hydrogen-bond donors (Lipinski definition) is 1. The predicted molar refractivity (Wildman–Crippen MR) is 86.5 cm³/mol. The van der Waals surface area contributed by atoms with Gasteiger partial charge in [0.2, 0.25) is 0 Å². The molecule has 0 aliphatic carbocycles. The van der Waals surface area contributed by atoms with E-state index < -0.39 is 0 Å². The molecule has 0 spiro atoms. The molecule has 0 bridgehead atoms. The van der Waals surface area contributed by atoms with Gasteiger partial charge in [0.1, 0.15) is 0 Å². The highest BCUT2D eigenvalue weighted by Gasteiger charge is 2.08. The van der Waals surface area contributed by atoms with Crippen LogP contribution < -0.4 is 5.32 Å². The van der Waals surface area contributed by atoms with Gasteiger partial charge in [-0.1, -0.05) is 24.6 Å². The van der Waals surface area contributed by atoms with Crippen molar-refractivity contribution in [2.45, 2.75) is 19.8 Å². The second kappa shape index (κ2) is 7.26. The lowest BCUT2D eigenvalue weighted by molar-refractivity contribution is 0.495. The van der Waals surface area contributed by atoms with Crippen LogP contribution in [0.2, 0.25) is 5.02 Å². The predicted octanol–water partition coefficient (Wildman–Crippen LogP) is 4.14. The lowest BCUT2D eigenvalue weighted by Gasteiger charge is -2.00. The van der Waals surface area contributed by atoms with Crippen LogP contribution in [0, 0.1) is 3.57 Å². The van der Waals surface area contributed by atoms with Crippen molar-refractivity contribution < 1.29 is 4.42 Å². The molecule has 19 heavy (non-hydrogen) atoms. The fourth-order valence-corrected chi connectivity index (χ4v) is 2.22. The maximum absolute atomic E-state index is 6.11. The van der Waals surface area contributed by atoms with Crippen molar-refractivity contribution in [3.63, 3.8) is 0 Å². The molecule has 0 atom stereocenters. The number of hydrogen-bond acceptors (Lipinski definition) is 3. The van der Waals surface area contributed by atoms with Crippen LogP contribution in [0.5, 0.6) is 0 Å². The third kappa shape index (κ3) is 4.19. The first-order valence-electron chi connectivity index (χ1n) is 6.31. The number of oxazole rings is 1. The zero-order chi connectivity index (χ0) is 13.7. The second-order valence-electron chi connectivity index (χ2n) is 4.25. The van der Waals surface area contributed by atoms with E-state index in [-0.39, 0.29) is 0 Å². The summed E-state index contributed by atoms with van der Waals surface area (Å²) < 4.78 is 6.77. The Morgan fingerprint density at radius 1 is 1.37 bits per heavy atom. The smallest absolute Gasteiger partial charge is 0.196 e. The first kappa shape index (κ1) is 14.8. The SMILES string of the molecule is CCCNCCc1ncc(-c2ccc(I)c(Cl)c2)o1. The first-order valence-corrected chi connectivity index (χ1v) is 7.77. The van der Waals surface area contributed by atoms with E-state index in [9.17, 15) is 0 Å².